The van der Waals surface area contributed by atoms with Gasteiger partial charge in [-0.1, -0.05) is 4.98 Å². The van der Waals surface area contributed by atoms with Crippen LogP contribution in [0.25, 0.3) is 11.2 Å². The predicted octanol–water partition coefficient (Wildman–Crippen LogP) is 1.74. The van der Waals surface area contributed by atoms with E-state index in [0.29, 0.717) is 30.1 Å². The predicted molar refractivity (Wildman–Crippen MR) is 133 cm³/mol. The molecule has 2 aliphatic rings. The third kappa shape index (κ3) is 7.99. The van der Waals surface area contributed by atoms with E-state index in [0.717, 1.165) is 34.0 Å². The number of phosphoric acid groups is 3. The van der Waals surface area contributed by atoms with Crippen molar-refractivity contribution in [2.75, 3.05) is 47.1 Å². The third-order valence-corrected chi connectivity index (χ3v) is 9.89. The van der Waals surface area contributed by atoms with Crippen LogP contribution in [0.15, 0.2) is 17.8 Å². The van der Waals surface area contributed by atoms with Crippen molar-refractivity contribution < 1.29 is 74.8 Å². The number of aliphatic hydroxyl groups excluding tert-OH is 1. The highest BCUT2D eigenvalue weighted by Gasteiger charge is 2.48. The number of hydrogen-bond donors (Lipinski definition) is 2. The summed E-state index contributed by atoms with van der Waals surface area (Å²) >= 11 is 0. The number of hydrogen-bond acceptors (Lipinski definition) is 18. The van der Waals surface area contributed by atoms with Crippen LogP contribution in [0.2, 0.25) is 0 Å². The van der Waals surface area contributed by atoms with Crippen molar-refractivity contribution in [3.63, 3.8) is 0 Å². The Morgan fingerprint density at radius 2 is 1.63 bits per heavy atom. The number of nitrogens with zero attached hydrogens (tertiary/aromatic N) is 6. The maximum atomic E-state index is 12.9. The molecule has 0 bridgehead atoms. The molecule has 2 aromatic heterocycles. The molecule has 0 spiro atoms. The van der Waals surface area contributed by atoms with Crippen LogP contribution in [-0.4, -0.2) is 78.6 Å². The van der Waals surface area contributed by atoms with Gasteiger partial charge in [0.2, 0.25) is 5.52 Å². The average Bonchev–Trinajstić information content (AvgIpc) is 3.52. The summed E-state index contributed by atoms with van der Waals surface area (Å²) in [4.78, 5) is 31.2. The second-order valence-electron chi connectivity index (χ2n) is 7.77. The second-order valence-corrected chi connectivity index (χ2v) is 12.5. The summed E-state index contributed by atoms with van der Waals surface area (Å²) in [5, 5.41) is 13.1. The minimum absolute atomic E-state index is 0.425. The first kappa shape index (κ1) is 33.7. The maximum absolute atomic E-state index is 12.9. The summed E-state index contributed by atoms with van der Waals surface area (Å²) in [5.74, 6) is 1.31. The van der Waals surface area contributed by atoms with Crippen molar-refractivity contribution in [3.05, 3.63) is 12.7 Å². The quantitative estimate of drug-likeness (QED) is 0.128. The van der Waals surface area contributed by atoms with Gasteiger partial charge in [0.15, 0.2) is 30.5 Å². The van der Waals surface area contributed by atoms with Gasteiger partial charge in [-0.05, 0) is 6.42 Å². The number of aromatic nitrogens is 4. The van der Waals surface area contributed by atoms with Crippen LogP contribution in [0, 0.1) is 0 Å². The summed E-state index contributed by atoms with van der Waals surface area (Å²) in [5.41, 5.74) is 1.34. The molecular weight excluding hydrogens is 621 g/mol. The lowest BCUT2D eigenvalue weighted by molar-refractivity contribution is -0.738. The zero-order valence-electron chi connectivity index (χ0n) is 22.7. The zero-order chi connectivity index (χ0) is 30.4. The van der Waals surface area contributed by atoms with Gasteiger partial charge in [-0.3, -0.25) is 4.52 Å². The van der Waals surface area contributed by atoms with Gasteiger partial charge in [0.05, 0.1) is 34.0 Å². The topological polar surface area (TPSA) is 234 Å². The van der Waals surface area contributed by atoms with E-state index in [-0.39, 0.29) is 0 Å². The van der Waals surface area contributed by atoms with Crippen LogP contribution in [0.1, 0.15) is 26.0 Å². The molecular formula is C17H30N6O15P3+. The molecule has 2 aliphatic heterocycles. The number of imidazole rings is 1. The number of aliphatic hydroxyl groups is 1. The first-order valence-corrected chi connectivity index (χ1v) is 15.8. The van der Waals surface area contributed by atoms with Gasteiger partial charge in [0.1, 0.15) is 0 Å². The minimum Gasteiger partial charge on any atom is -0.400 e. The number of ether oxygens (including phenoxy) is 1. The molecule has 4 heterocycles. The summed E-state index contributed by atoms with van der Waals surface area (Å²) in [7, 11) is -9.94. The molecule has 0 amide bonds. The maximum Gasteiger partial charge on any atom is 0.538 e. The summed E-state index contributed by atoms with van der Waals surface area (Å²) < 4.78 is 73.9. The molecule has 21 nitrogen and oxygen atoms in total. The molecule has 4 atom stereocenters. The zero-order valence-corrected chi connectivity index (χ0v) is 25.3. The molecule has 24 heteroatoms. The van der Waals surface area contributed by atoms with E-state index in [1.54, 1.807) is 23.0 Å². The van der Waals surface area contributed by atoms with Crippen LogP contribution >= 0.6 is 23.5 Å². The fourth-order valence-corrected chi connectivity index (χ4v) is 7.72. The summed E-state index contributed by atoms with van der Waals surface area (Å²) in [6.07, 6.45) is 2.97. The van der Waals surface area contributed by atoms with Gasteiger partial charge in [0, 0.05) is 27.5 Å². The Balaban J connectivity index is 0.00000226. The van der Waals surface area contributed by atoms with Gasteiger partial charge >= 0.3 is 29.1 Å². The third-order valence-electron chi connectivity index (χ3n) is 5.18. The van der Waals surface area contributed by atoms with E-state index in [1.807, 2.05) is 11.5 Å². The Labute approximate surface area is 233 Å². The smallest absolute Gasteiger partial charge is 0.400 e. The van der Waals surface area contributed by atoms with E-state index in [9.17, 15) is 18.6 Å². The van der Waals surface area contributed by atoms with Crippen LogP contribution in [0.4, 0.5) is 5.82 Å². The van der Waals surface area contributed by atoms with Gasteiger partial charge in [0.25, 0.3) is 0 Å². The van der Waals surface area contributed by atoms with Crippen molar-refractivity contribution in [2.24, 2.45) is 5.10 Å². The molecule has 2 aromatic rings. The van der Waals surface area contributed by atoms with Gasteiger partial charge in [-0.15, -0.1) is 19.1 Å². The molecule has 1 saturated heterocycles. The van der Waals surface area contributed by atoms with Crippen molar-refractivity contribution in [1.29, 1.82) is 0 Å². The lowest BCUT2D eigenvalue weighted by atomic mass is 10.2. The highest BCUT2D eigenvalue weighted by Crippen LogP contribution is 2.70. The minimum atomic E-state index is -5.53. The summed E-state index contributed by atoms with van der Waals surface area (Å²) in [6.45, 7) is 1.40. The highest BCUT2D eigenvalue weighted by atomic mass is 31.3. The Morgan fingerprint density at radius 3 is 2.27 bits per heavy atom. The molecule has 41 heavy (non-hydrogen) atoms. The van der Waals surface area contributed by atoms with E-state index in [2.05, 4.69) is 52.4 Å². The molecule has 1 fully saturated rings. The first-order valence-electron chi connectivity index (χ1n) is 11.4. The van der Waals surface area contributed by atoms with Crippen LogP contribution in [0.3, 0.4) is 0 Å². The lowest BCUT2D eigenvalue weighted by Crippen LogP contribution is -2.39. The van der Waals surface area contributed by atoms with Crippen molar-refractivity contribution in [3.8, 4) is 0 Å². The second kappa shape index (κ2) is 14.1. The normalized spacial score (nSPS) is 21.7. The summed E-state index contributed by atoms with van der Waals surface area (Å²) in [6, 6.07) is 0. The van der Waals surface area contributed by atoms with Gasteiger partial charge in [-0.25, -0.2) is 42.5 Å². The number of anilines is 1. The fraction of sp³-hybridized carbons (Fsp3) is 0.647. The van der Waals surface area contributed by atoms with E-state index < -0.39 is 42.4 Å². The highest BCUT2D eigenvalue weighted by molar-refractivity contribution is 7.67. The monoisotopic (exact) mass is 651 g/mol. The number of hydrazone groups is 1. The Kier molecular flexibility index (Phi) is 11.6. The first-order chi connectivity index (χ1) is 19.4. The standard InChI is InChI=1S/C16H25N6O14P3.CH4O/c1-11-19-20(2)15-14-16(18-9-17-15)22(10-21(11)14)13-7-6-12(31-13)8-30-38(25,32-27-3)35-37(23,24)36-39(26,33-28-4)34-29-5;1-2/h9-10,12-13H,6-8H2,1-5H3;2H,1H3/p+1. The largest absolute Gasteiger partial charge is 0.538 e. The van der Waals surface area contributed by atoms with E-state index >= 15 is 0 Å². The average molecular weight is 651 g/mol. The van der Waals surface area contributed by atoms with Crippen molar-refractivity contribution in [1.82, 2.24) is 14.5 Å². The SMILES string of the molecule is CO.COOP(=O)(OCC1CCC([n+]2cn3c4c(ncnc42)N(C)N=C3C)O1)OP(=O)(O)OP(=O)(OOC)OOC. The molecule has 2 N–H and O–H groups in total. The Hall–Kier alpha value is -1.77. The van der Waals surface area contributed by atoms with Crippen LogP contribution < -0.4 is 9.58 Å². The molecule has 0 aliphatic carbocycles. The van der Waals surface area contributed by atoms with E-state index in [1.165, 1.54) is 6.33 Å². The van der Waals surface area contributed by atoms with Gasteiger partial charge in [-0.2, -0.15) is 13.6 Å². The number of rotatable bonds is 14. The van der Waals surface area contributed by atoms with Crippen molar-refractivity contribution >= 4 is 46.3 Å². The Morgan fingerprint density at radius 1 is 1.02 bits per heavy atom. The molecule has 4 rings (SSSR count). The van der Waals surface area contributed by atoms with Crippen LogP contribution in [0.5, 0.6) is 0 Å². The molecule has 0 aromatic carbocycles. The fourth-order valence-electron chi connectivity index (χ4n) is 3.84. The Bertz CT molecular complexity index is 1360. The lowest BCUT2D eigenvalue weighted by Gasteiger charge is -2.21. The van der Waals surface area contributed by atoms with Crippen LogP contribution in [-0.2, 0) is 60.3 Å². The molecule has 232 valence electrons. The van der Waals surface area contributed by atoms with Gasteiger partial charge < -0.3 is 14.7 Å². The molecule has 0 saturated carbocycles. The molecule has 0 radical (unpaired) electrons. The molecule has 4 unspecified atom stereocenters. The van der Waals surface area contributed by atoms with E-state index in [4.69, 9.17) is 14.4 Å². The van der Waals surface area contributed by atoms with Crippen molar-refractivity contribution in [2.45, 2.75) is 32.1 Å².